The number of imidazole rings is 1. The van der Waals surface area contributed by atoms with Crippen molar-refractivity contribution in [1.29, 1.82) is 5.26 Å². The van der Waals surface area contributed by atoms with E-state index in [1.807, 2.05) is 12.3 Å². The molecule has 2 N–H and O–H groups in total. The number of carbonyl (C=O) groups excluding carboxylic acids is 1. The van der Waals surface area contributed by atoms with E-state index in [-0.39, 0.29) is 11.9 Å². The number of hydrogen-bond donors (Lipinski definition) is 2. The van der Waals surface area contributed by atoms with E-state index in [0.717, 1.165) is 28.5 Å². The van der Waals surface area contributed by atoms with Crippen LogP contribution in [0.25, 0.3) is 22.1 Å². The number of aliphatic hydroxyl groups is 1. The van der Waals surface area contributed by atoms with Gasteiger partial charge < -0.3 is 19.6 Å². The number of fused-ring (bicyclic) bond motifs is 3. The molecule has 0 spiro atoms. The number of carbonyl (C=O) groups is 1. The normalized spacial score (nSPS) is 22.3. The first-order valence-electron chi connectivity index (χ1n) is 9.27. The van der Waals surface area contributed by atoms with Crippen LogP contribution in [0, 0.1) is 16.7 Å². The lowest BCUT2D eigenvalue weighted by Gasteiger charge is -2.21. The van der Waals surface area contributed by atoms with Gasteiger partial charge in [-0.3, -0.25) is 4.79 Å². The molecule has 2 aliphatic rings. The Morgan fingerprint density at radius 2 is 2.33 bits per heavy atom. The van der Waals surface area contributed by atoms with E-state index < -0.39 is 11.5 Å². The molecule has 138 valence electrons. The van der Waals surface area contributed by atoms with Gasteiger partial charge in [0.1, 0.15) is 28.5 Å². The highest BCUT2D eigenvalue weighted by Crippen LogP contribution is 2.47. The van der Waals surface area contributed by atoms with Crippen molar-refractivity contribution < 1.29 is 9.90 Å². The third-order valence-corrected chi connectivity index (χ3v) is 5.82. The van der Waals surface area contributed by atoms with Crippen molar-refractivity contribution in [3.8, 4) is 6.07 Å². The maximum atomic E-state index is 12.7. The smallest absolute Gasteiger partial charge is 0.243 e. The summed E-state index contributed by atoms with van der Waals surface area (Å²) in [6, 6.07) is 4.17. The van der Waals surface area contributed by atoms with Gasteiger partial charge in [-0.05, 0) is 32.3 Å². The lowest BCUT2D eigenvalue weighted by molar-refractivity contribution is -0.133. The SMILES string of the molecule is C[C@@H](O)c1nc2cnc3[nH]ccc3c2n1C1CCN(C(=O)C2(C#N)CC2)C1. The van der Waals surface area contributed by atoms with Gasteiger partial charge in [0.2, 0.25) is 5.91 Å². The second-order valence-electron chi connectivity index (χ2n) is 7.64. The monoisotopic (exact) mass is 364 g/mol. The molecule has 1 saturated heterocycles. The topological polar surface area (TPSA) is 111 Å². The number of nitriles is 1. The number of rotatable bonds is 3. The third kappa shape index (κ3) is 2.28. The Kier molecular flexibility index (Phi) is 3.34. The minimum atomic E-state index is -0.795. The molecular formula is C19H20N6O2. The number of nitrogens with one attached hydrogen (secondary N) is 1. The molecule has 1 aliphatic heterocycles. The summed E-state index contributed by atoms with van der Waals surface area (Å²) in [6.07, 6.45) is 4.91. The number of amides is 1. The van der Waals surface area contributed by atoms with Crippen molar-refractivity contribution in [3.05, 3.63) is 24.3 Å². The van der Waals surface area contributed by atoms with Gasteiger partial charge in [-0.1, -0.05) is 0 Å². The van der Waals surface area contributed by atoms with Gasteiger partial charge in [0.25, 0.3) is 0 Å². The zero-order chi connectivity index (χ0) is 18.8. The van der Waals surface area contributed by atoms with Crippen LogP contribution in [-0.4, -0.2) is 48.5 Å². The van der Waals surface area contributed by atoms with Gasteiger partial charge in [0, 0.05) is 24.7 Å². The maximum absolute atomic E-state index is 12.7. The van der Waals surface area contributed by atoms with E-state index in [1.165, 1.54) is 0 Å². The number of aromatic amines is 1. The molecule has 4 heterocycles. The molecule has 0 radical (unpaired) electrons. The first-order valence-corrected chi connectivity index (χ1v) is 9.27. The zero-order valence-corrected chi connectivity index (χ0v) is 15.0. The summed E-state index contributed by atoms with van der Waals surface area (Å²) < 4.78 is 2.07. The van der Waals surface area contributed by atoms with Crippen LogP contribution in [0.5, 0.6) is 0 Å². The van der Waals surface area contributed by atoms with E-state index in [2.05, 4.69) is 25.6 Å². The number of aliphatic hydroxyl groups excluding tert-OH is 1. The van der Waals surface area contributed by atoms with Crippen LogP contribution < -0.4 is 0 Å². The first-order chi connectivity index (χ1) is 13.0. The minimum Gasteiger partial charge on any atom is -0.385 e. The molecule has 0 aromatic carbocycles. The standard InChI is InChI=1S/C19H20N6O2/c1-11(26)17-23-14-8-22-16-13(2-6-21-16)15(14)25(17)12-3-7-24(9-12)18(27)19(10-20)4-5-19/h2,6,8,11-12,26H,3-5,7,9H2,1H3,(H,21,22)/t11-,12?/m1/s1. The maximum Gasteiger partial charge on any atom is 0.243 e. The van der Waals surface area contributed by atoms with Gasteiger partial charge in [0.15, 0.2) is 0 Å². The van der Waals surface area contributed by atoms with Gasteiger partial charge in [-0.25, -0.2) is 9.97 Å². The Morgan fingerprint density at radius 3 is 3.04 bits per heavy atom. The molecule has 1 unspecified atom stereocenters. The van der Waals surface area contributed by atoms with E-state index in [0.29, 0.717) is 31.8 Å². The Bertz CT molecular complexity index is 1100. The lowest BCUT2D eigenvalue weighted by atomic mass is 10.1. The predicted octanol–water partition coefficient (Wildman–Crippen LogP) is 2.04. The average molecular weight is 364 g/mol. The van der Waals surface area contributed by atoms with Crippen molar-refractivity contribution in [2.75, 3.05) is 13.1 Å². The van der Waals surface area contributed by atoms with Crippen molar-refractivity contribution >= 4 is 28.0 Å². The minimum absolute atomic E-state index is 0.0125. The molecule has 3 aromatic heterocycles. The van der Waals surface area contributed by atoms with Crippen molar-refractivity contribution in [1.82, 2.24) is 24.4 Å². The summed E-state index contributed by atoms with van der Waals surface area (Å²) in [5.41, 5.74) is 1.64. The quantitative estimate of drug-likeness (QED) is 0.739. The largest absolute Gasteiger partial charge is 0.385 e. The molecule has 1 saturated carbocycles. The number of pyridine rings is 1. The Morgan fingerprint density at radius 1 is 1.52 bits per heavy atom. The molecule has 8 heteroatoms. The van der Waals surface area contributed by atoms with Crippen LogP contribution in [0.15, 0.2) is 18.5 Å². The molecule has 5 rings (SSSR count). The van der Waals surface area contributed by atoms with E-state index in [1.54, 1.807) is 18.0 Å². The van der Waals surface area contributed by atoms with Crippen LogP contribution >= 0.6 is 0 Å². The Hall–Kier alpha value is -2.92. The highest BCUT2D eigenvalue weighted by Gasteiger charge is 2.53. The average Bonchev–Trinajstić information content (AvgIpc) is 3.04. The highest BCUT2D eigenvalue weighted by molar-refractivity contribution is 6.01. The van der Waals surface area contributed by atoms with Gasteiger partial charge >= 0.3 is 0 Å². The van der Waals surface area contributed by atoms with Crippen LogP contribution in [-0.2, 0) is 4.79 Å². The Balaban J connectivity index is 1.58. The van der Waals surface area contributed by atoms with Crippen molar-refractivity contribution in [2.45, 2.75) is 38.3 Å². The van der Waals surface area contributed by atoms with Crippen molar-refractivity contribution in [2.24, 2.45) is 5.41 Å². The van der Waals surface area contributed by atoms with Crippen LogP contribution in [0.4, 0.5) is 0 Å². The van der Waals surface area contributed by atoms with E-state index in [4.69, 9.17) is 0 Å². The molecule has 0 bridgehead atoms. The number of hydrogen-bond acceptors (Lipinski definition) is 5. The second kappa shape index (κ2) is 5.54. The summed E-state index contributed by atoms with van der Waals surface area (Å²) >= 11 is 0. The fourth-order valence-electron chi connectivity index (χ4n) is 4.21. The Labute approximate surface area is 155 Å². The molecule has 1 amide bonds. The van der Waals surface area contributed by atoms with E-state index in [9.17, 15) is 15.2 Å². The summed E-state index contributed by atoms with van der Waals surface area (Å²) in [4.78, 5) is 26.7. The van der Waals surface area contributed by atoms with Gasteiger partial charge in [-0.15, -0.1) is 0 Å². The number of aromatic nitrogens is 4. The fraction of sp³-hybridized carbons (Fsp3) is 0.474. The summed E-state index contributed by atoms with van der Waals surface area (Å²) in [6.45, 7) is 2.85. The summed E-state index contributed by atoms with van der Waals surface area (Å²) in [7, 11) is 0. The molecule has 27 heavy (non-hydrogen) atoms. The van der Waals surface area contributed by atoms with Crippen molar-refractivity contribution in [3.63, 3.8) is 0 Å². The molecule has 2 fully saturated rings. The summed E-state index contributed by atoms with van der Waals surface area (Å²) in [5, 5.41) is 20.6. The molecule has 8 nitrogen and oxygen atoms in total. The fourth-order valence-corrected chi connectivity index (χ4v) is 4.21. The number of likely N-dealkylation sites (tertiary alicyclic amines) is 1. The molecular weight excluding hydrogens is 344 g/mol. The number of nitrogens with zero attached hydrogens (tertiary/aromatic N) is 5. The molecule has 3 aromatic rings. The first kappa shape index (κ1) is 16.3. The second-order valence-corrected chi connectivity index (χ2v) is 7.64. The van der Waals surface area contributed by atoms with Gasteiger partial charge in [0.05, 0.1) is 23.8 Å². The van der Waals surface area contributed by atoms with Crippen LogP contribution in [0.2, 0.25) is 0 Å². The third-order valence-electron chi connectivity index (χ3n) is 5.82. The molecule has 1 aliphatic carbocycles. The van der Waals surface area contributed by atoms with E-state index >= 15 is 0 Å². The predicted molar refractivity (Wildman–Crippen MR) is 97.5 cm³/mol. The van der Waals surface area contributed by atoms with Gasteiger partial charge in [-0.2, -0.15) is 5.26 Å². The summed E-state index contributed by atoms with van der Waals surface area (Å²) in [5.74, 6) is 0.533. The molecule has 2 atom stereocenters. The lowest BCUT2D eigenvalue weighted by Crippen LogP contribution is -2.35. The highest BCUT2D eigenvalue weighted by atomic mass is 16.3. The van der Waals surface area contributed by atoms with Crippen LogP contribution in [0.3, 0.4) is 0 Å². The number of H-pyrrole nitrogens is 1. The zero-order valence-electron chi connectivity index (χ0n) is 15.0. The van der Waals surface area contributed by atoms with Crippen LogP contribution in [0.1, 0.15) is 44.2 Å².